The summed E-state index contributed by atoms with van der Waals surface area (Å²) in [5, 5.41) is 3.51. The first-order valence-corrected chi connectivity index (χ1v) is 6.97. The molecule has 0 saturated heterocycles. The average molecular weight is 277 g/mol. The molecule has 1 aromatic rings. The molecule has 1 aliphatic rings. The van der Waals surface area contributed by atoms with Crippen molar-refractivity contribution >= 4 is 0 Å². The highest BCUT2D eigenvalue weighted by Gasteiger charge is 2.21. The van der Waals surface area contributed by atoms with Crippen LogP contribution in [-0.2, 0) is 4.74 Å². The fraction of sp³-hybridized carbons (Fsp3) is 0.500. The lowest BCUT2D eigenvalue weighted by atomic mass is 10.0. The van der Waals surface area contributed by atoms with Crippen LogP contribution in [0.4, 0.5) is 0 Å². The standard InChI is InChI=1S/C16H23NO3/c1-12(2)11-19-9-7-17-15-6-8-20-16-5-4-13(18-3)10-14(15)16/h4-5,10,15,17H,1,6-9,11H2,2-3H3. The molecule has 2 rings (SSSR count). The molecule has 1 atom stereocenters. The van der Waals surface area contributed by atoms with Crippen LogP contribution in [0.25, 0.3) is 0 Å². The molecule has 1 unspecified atom stereocenters. The van der Waals surface area contributed by atoms with Crippen LogP contribution < -0.4 is 14.8 Å². The van der Waals surface area contributed by atoms with Gasteiger partial charge in [-0.05, 0) is 25.1 Å². The molecule has 1 heterocycles. The minimum atomic E-state index is 0.294. The maximum Gasteiger partial charge on any atom is 0.124 e. The molecule has 0 aromatic heterocycles. The molecule has 1 aromatic carbocycles. The Balaban J connectivity index is 1.89. The van der Waals surface area contributed by atoms with Crippen LogP contribution in [0.15, 0.2) is 30.4 Å². The highest BCUT2D eigenvalue weighted by atomic mass is 16.5. The van der Waals surface area contributed by atoms with E-state index in [1.807, 2.05) is 25.1 Å². The topological polar surface area (TPSA) is 39.7 Å². The first kappa shape index (κ1) is 14.9. The molecule has 0 saturated carbocycles. The fourth-order valence-electron chi connectivity index (χ4n) is 2.26. The van der Waals surface area contributed by atoms with Crippen LogP contribution in [0.3, 0.4) is 0 Å². The van der Waals surface area contributed by atoms with E-state index in [1.54, 1.807) is 7.11 Å². The number of rotatable bonds is 7. The van der Waals surface area contributed by atoms with Crippen LogP contribution in [-0.4, -0.2) is 33.5 Å². The summed E-state index contributed by atoms with van der Waals surface area (Å²) in [6, 6.07) is 6.24. The van der Waals surface area contributed by atoms with E-state index in [1.165, 1.54) is 0 Å². The van der Waals surface area contributed by atoms with E-state index in [4.69, 9.17) is 14.2 Å². The zero-order valence-electron chi connectivity index (χ0n) is 12.3. The molecule has 1 N–H and O–H groups in total. The number of hydrogen-bond acceptors (Lipinski definition) is 4. The Hall–Kier alpha value is -1.52. The summed E-state index contributed by atoms with van der Waals surface area (Å²) in [5.41, 5.74) is 2.21. The van der Waals surface area contributed by atoms with Gasteiger partial charge in [-0.2, -0.15) is 0 Å². The van der Waals surface area contributed by atoms with Gasteiger partial charge >= 0.3 is 0 Å². The number of ether oxygens (including phenoxy) is 3. The first-order chi connectivity index (χ1) is 9.70. The van der Waals surface area contributed by atoms with Gasteiger partial charge < -0.3 is 19.5 Å². The SMILES string of the molecule is C=C(C)COCCNC1CCOc2ccc(OC)cc21. The van der Waals surface area contributed by atoms with Gasteiger partial charge in [0.1, 0.15) is 11.5 Å². The molecular weight excluding hydrogens is 254 g/mol. The predicted octanol–water partition coefficient (Wildman–Crippen LogP) is 2.70. The third-order valence-corrected chi connectivity index (χ3v) is 3.24. The second kappa shape index (κ2) is 7.31. The molecule has 0 bridgehead atoms. The Labute approximate surface area is 120 Å². The molecule has 4 nitrogen and oxygen atoms in total. The summed E-state index contributed by atoms with van der Waals surface area (Å²) in [7, 11) is 1.68. The van der Waals surface area contributed by atoms with E-state index in [0.717, 1.165) is 42.2 Å². The van der Waals surface area contributed by atoms with Crippen molar-refractivity contribution in [2.75, 3.05) is 33.5 Å². The normalized spacial score (nSPS) is 17.2. The van der Waals surface area contributed by atoms with Crippen LogP contribution in [0.5, 0.6) is 11.5 Å². The van der Waals surface area contributed by atoms with Gasteiger partial charge in [-0.3, -0.25) is 0 Å². The number of hydrogen-bond donors (Lipinski definition) is 1. The lowest BCUT2D eigenvalue weighted by molar-refractivity contribution is 0.151. The smallest absolute Gasteiger partial charge is 0.124 e. The maximum absolute atomic E-state index is 5.67. The van der Waals surface area contributed by atoms with Crippen molar-refractivity contribution in [3.05, 3.63) is 35.9 Å². The third-order valence-electron chi connectivity index (χ3n) is 3.24. The Morgan fingerprint density at radius 1 is 1.50 bits per heavy atom. The molecule has 110 valence electrons. The second-order valence-electron chi connectivity index (χ2n) is 5.06. The van der Waals surface area contributed by atoms with E-state index in [-0.39, 0.29) is 0 Å². The Morgan fingerprint density at radius 2 is 2.35 bits per heavy atom. The predicted molar refractivity (Wildman–Crippen MR) is 79.5 cm³/mol. The van der Waals surface area contributed by atoms with Gasteiger partial charge in [-0.15, -0.1) is 0 Å². The molecule has 0 fully saturated rings. The van der Waals surface area contributed by atoms with Crippen molar-refractivity contribution in [3.63, 3.8) is 0 Å². The molecule has 20 heavy (non-hydrogen) atoms. The van der Waals surface area contributed by atoms with Crippen molar-refractivity contribution in [3.8, 4) is 11.5 Å². The molecule has 0 amide bonds. The van der Waals surface area contributed by atoms with Crippen molar-refractivity contribution < 1.29 is 14.2 Å². The summed E-state index contributed by atoms with van der Waals surface area (Å²) < 4.78 is 16.5. The van der Waals surface area contributed by atoms with E-state index in [2.05, 4.69) is 11.9 Å². The minimum absolute atomic E-state index is 0.294. The van der Waals surface area contributed by atoms with E-state index in [9.17, 15) is 0 Å². The molecule has 0 aliphatic carbocycles. The van der Waals surface area contributed by atoms with E-state index < -0.39 is 0 Å². The number of methoxy groups -OCH3 is 1. The monoisotopic (exact) mass is 277 g/mol. The van der Waals surface area contributed by atoms with E-state index >= 15 is 0 Å². The summed E-state index contributed by atoms with van der Waals surface area (Å²) in [5.74, 6) is 1.80. The van der Waals surface area contributed by atoms with Crippen LogP contribution in [0.2, 0.25) is 0 Å². The minimum Gasteiger partial charge on any atom is -0.497 e. The molecule has 0 radical (unpaired) electrons. The Morgan fingerprint density at radius 3 is 3.10 bits per heavy atom. The van der Waals surface area contributed by atoms with Crippen molar-refractivity contribution in [2.24, 2.45) is 0 Å². The zero-order valence-corrected chi connectivity index (χ0v) is 12.3. The molecule has 1 aliphatic heterocycles. The molecule has 0 spiro atoms. The summed E-state index contributed by atoms with van der Waals surface area (Å²) in [4.78, 5) is 0. The number of benzene rings is 1. The van der Waals surface area contributed by atoms with Crippen molar-refractivity contribution in [1.29, 1.82) is 0 Å². The van der Waals surface area contributed by atoms with Gasteiger partial charge in [0.2, 0.25) is 0 Å². The summed E-state index contributed by atoms with van der Waals surface area (Å²) in [6.07, 6.45) is 0.959. The van der Waals surface area contributed by atoms with Crippen LogP contribution >= 0.6 is 0 Å². The van der Waals surface area contributed by atoms with Gasteiger partial charge in [0, 0.05) is 24.6 Å². The van der Waals surface area contributed by atoms with Crippen molar-refractivity contribution in [2.45, 2.75) is 19.4 Å². The lowest BCUT2D eigenvalue weighted by Gasteiger charge is -2.27. The van der Waals surface area contributed by atoms with Crippen molar-refractivity contribution in [1.82, 2.24) is 5.32 Å². The molecule has 4 heteroatoms. The summed E-state index contributed by atoms with van der Waals surface area (Å²) >= 11 is 0. The first-order valence-electron chi connectivity index (χ1n) is 6.97. The molecular formula is C16H23NO3. The Kier molecular flexibility index (Phi) is 5.44. The lowest BCUT2D eigenvalue weighted by Crippen LogP contribution is -2.29. The number of fused-ring (bicyclic) bond motifs is 1. The van der Waals surface area contributed by atoms with E-state index in [0.29, 0.717) is 19.3 Å². The van der Waals surface area contributed by atoms with Gasteiger partial charge in [0.25, 0.3) is 0 Å². The highest BCUT2D eigenvalue weighted by Crippen LogP contribution is 2.34. The quantitative estimate of drug-likeness (QED) is 0.614. The van der Waals surface area contributed by atoms with Gasteiger partial charge in [-0.1, -0.05) is 12.2 Å². The van der Waals surface area contributed by atoms with Gasteiger partial charge in [-0.25, -0.2) is 0 Å². The van der Waals surface area contributed by atoms with Gasteiger partial charge in [0.05, 0.1) is 26.9 Å². The third kappa shape index (κ3) is 3.99. The maximum atomic E-state index is 5.67. The average Bonchev–Trinajstić information content (AvgIpc) is 2.46. The van der Waals surface area contributed by atoms with Gasteiger partial charge in [0.15, 0.2) is 0 Å². The highest BCUT2D eigenvalue weighted by molar-refractivity contribution is 5.43. The Bertz CT molecular complexity index is 459. The number of nitrogens with one attached hydrogen (secondary N) is 1. The second-order valence-corrected chi connectivity index (χ2v) is 5.06. The zero-order chi connectivity index (χ0) is 14.4. The largest absolute Gasteiger partial charge is 0.497 e. The van der Waals surface area contributed by atoms with Crippen LogP contribution in [0, 0.1) is 0 Å². The van der Waals surface area contributed by atoms with Crippen LogP contribution in [0.1, 0.15) is 24.9 Å². The summed E-state index contributed by atoms with van der Waals surface area (Å²) in [6.45, 7) is 8.65. The fourth-order valence-corrected chi connectivity index (χ4v) is 2.26.